The van der Waals surface area contributed by atoms with E-state index in [1.165, 1.54) is 42.4 Å². The summed E-state index contributed by atoms with van der Waals surface area (Å²) in [6, 6.07) is 6.74. The molecular weight excluding hydrogens is 230 g/mol. The van der Waals surface area contributed by atoms with Crippen LogP contribution in [0.3, 0.4) is 0 Å². The fraction of sp³-hybridized carbons (Fsp3) is 0.357. The number of hydrogen-bond acceptors (Lipinski definition) is 3. The largest absolute Gasteiger partial charge is 0.480 e. The van der Waals surface area contributed by atoms with Crippen molar-refractivity contribution in [3.63, 3.8) is 0 Å². The molecule has 0 radical (unpaired) electrons. The number of methoxy groups -OCH3 is 1. The van der Waals surface area contributed by atoms with Crippen LogP contribution in [-0.4, -0.2) is 12.1 Å². The number of rotatable bonds is 2. The Bertz CT molecular complexity index is 533. The highest BCUT2D eigenvalue weighted by atomic mass is 32.1. The molecule has 2 aromatic rings. The minimum atomic E-state index is 0.711. The van der Waals surface area contributed by atoms with E-state index in [0.717, 1.165) is 5.01 Å². The lowest BCUT2D eigenvalue weighted by atomic mass is 9.90. The Morgan fingerprint density at radius 3 is 2.76 bits per heavy atom. The normalized spacial score (nSPS) is 14.4. The van der Waals surface area contributed by atoms with Gasteiger partial charge in [-0.05, 0) is 42.9 Å². The van der Waals surface area contributed by atoms with E-state index in [-0.39, 0.29) is 0 Å². The van der Waals surface area contributed by atoms with Crippen LogP contribution >= 0.6 is 11.3 Å². The van der Waals surface area contributed by atoms with Gasteiger partial charge in [0.05, 0.1) is 12.5 Å². The minimum Gasteiger partial charge on any atom is -0.480 e. The van der Waals surface area contributed by atoms with Crippen molar-refractivity contribution in [3.8, 4) is 16.5 Å². The summed E-state index contributed by atoms with van der Waals surface area (Å²) in [7, 11) is 1.66. The second-order valence-electron chi connectivity index (χ2n) is 4.39. The van der Waals surface area contributed by atoms with Crippen molar-refractivity contribution in [2.75, 3.05) is 7.11 Å². The van der Waals surface area contributed by atoms with E-state index in [1.54, 1.807) is 18.4 Å². The molecule has 2 nitrogen and oxygen atoms in total. The SMILES string of the molecule is COc1csc(-c2ccc3c(c2)CCCC3)n1. The number of hydrogen-bond donors (Lipinski definition) is 0. The molecule has 17 heavy (non-hydrogen) atoms. The molecule has 1 aliphatic carbocycles. The first-order valence-electron chi connectivity index (χ1n) is 5.98. The summed E-state index contributed by atoms with van der Waals surface area (Å²) in [4.78, 5) is 4.44. The van der Waals surface area contributed by atoms with E-state index in [1.807, 2.05) is 5.38 Å². The van der Waals surface area contributed by atoms with Gasteiger partial charge >= 0.3 is 0 Å². The molecule has 0 aliphatic heterocycles. The standard InChI is InChI=1S/C14H15NOS/c1-16-13-9-17-14(15-13)12-7-6-10-4-2-3-5-11(10)8-12/h6-9H,2-5H2,1H3. The zero-order chi connectivity index (χ0) is 11.7. The van der Waals surface area contributed by atoms with Gasteiger partial charge in [0.15, 0.2) is 0 Å². The molecule has 1 aromatic heterocycles. The van der Waals surface area contributed by atoms with Gasteiger partial charge in [0.2, 0.25) is 5.88 Å². The van der Waals surface area contributed by atoms with Crippen LogP contribution < -0.4 is 4.74 Å². The van der Waals surface area contributed by atoms with Crippen molar-refractivity contribution >= 4 is 11.3 Å². The second-order valence-corrected chi connectivity index (χ2v) is 5.24. The third-order valence-electron chi connectivity index (χ3n) is 3.29. The summed E-state index contributed by atoms with van der Waals surface area (Å²) < 4.78 is 5.13. The lowest BCUT2D eigenvalue weighted by Crippen LogP contribution is -2.02. The van der Waals surface area contributed by atoms with Crippen LogP contribution in [0.2, 0.25) is 0 Å². The van der Waals surface area contributed by atoms with Crippen LogP contribution in [0.5, 0.6) is 5.88 Å². The number of ether oxygens (including phenoxy) is 1. The molecule has 0 atom stereocenters. The van der Waals surface area contributed by atoms with Gasteiger partial charge in [-0.3, -0.25) is 0 Å². The maximum atomic E-state index is 5.13. The average molecular weight is 245 g/mol. The smallest absolute Gasteiger partial charge is 0.224 e. The fourth-order valence-corrected chi connectivity index (χ4v) is 3.12. The van der Waals surface area contributed by atoms with Crippen molar-refractivity contribution in [3.05, 3.63) is 34.7 Å². The molecule has 88 valence electrons. The second kappa shape index (κ2) is 4.49. The van der Waals surface area contributed by atoms with E-state index in [2.05, 4.69) is 23.2 Å². The molecule has 0 spiro atoms. The third kappa shape index (κ3) is 2.07. The van der Waals surface area contributed by atoms with Crippen molar-refractivity contribution in [1.82, 2.24) is 4.98 Å². The summed E-state index contributed by atoms with van der Waals surface area (Å²) in [5, 5.41) is 3.00. The van der Waals surface area contributed by atoms with Gasteiger partial charge < -0.3 is 4.74 Å². The summed E-state index contributed by atoms with van der Waals surface area (Å²) in [5.74, 6) is 0.711. The molecule has 1 aromatic carbocycles. The Balaban J connectivity index is 1.97. The number of benzene rings is 1. The van der Waals surface area contributed by atoms with E-state index >= 15 is 0 Å². The summed E-state index contributed by atoms with van der Waals surface area (Å²) in [6.45, 7) is 0. The van der Waals surface area contributed by atoms with Gasteiger partial charge in [-0.15, -0.1) is 11.3 Å². The van der Waals surface area contributed by atoms with Crippen LogP contribution in [-0.2, 0) is 12.8 Å². The van der Waals surface area contributed by atoms with Gasteiger partial charge in [-0.2, -0.15) is 0 Å². The molecule has 1 aliphatic rings. The molecule has 3 heteroatoms. The minimum absolute atomic E-state index is 0.711. The predicted molar refractivity (Wildman–Crippen MR) is 70.7 cm³/mol. The zero-order valence-electron chi connectivity index (χ0n) is 9.90. The fourth-order valence-electron chi connectivity index (χ4n) is 2.35. The van der Waals surface area contributed by atoms with Gasteiger partial charge in [-0.25, -0.2) is 4.98 Å². The zero-order valence-corrected chi connectivity index (χ0v) is 10.7. The lowest BCUT2D eigenvalue weighted by Gasteiger charge is -2.15. The van der Waals surface area contributed by atoms with E-state index in [9.17, 15) is 0 Å². The number of fused-ring (bicyclic) bond motifs is 1. The number of thiazole rings is 1. The summed E-state index contributed by atoms with van der Waals surface area (Å²) in [6.07, 6.45) is 5.09. The van der Waals surface area contributed by atoms with Gasteiger partial charge in [0.25, 0.3) is 0 Å². The van der Waals surface area contributed by atoms with Crippen molar-refractivity contribution in [2.24, 2.45) is 0 Å². The molecule has 0 N–H and O–H groups in total. The highest BCUT2D eigenvalue weighted by Crippen LogP contribution is 2.30. The predicted octanol–water partition coefficient (Wildman–Crippen LogP) is 3.70. The van der Waals surface area contributed by atoms with Crippen LogP contribution in [0.4, 0.5) is 0 Å². The number of aryl methyl sites for hydroxylation is 2. The topological polar surface area (TPSA) is 22.1 Å². The Morgan fingerprint density at radius 2 is 2.00 bits per heavy atom. The highest BCUT2D eigenvalue weighted by molar-refractivity contribution is 7.13. The molecule has 0 bridgehead atoms. The molecular formula is C14H15NOS. The first-order chi connectivity index (χ1) is 8.36. The molecule has 1 heterocycles. The van der Waals surface area contributed by atoms with Crippen LogP contribution in [0.1, 0.15) is 24.0 Å². The average Bonchev–Trinajstić information content (AvgIpc) is 2.87. The van der Waals surface area contributed by atoms with E-state index < -0.39 is 0 Å². The summed E-state index contributed by atoms with van der Waals surface area (Å²) in [5.41, 5.74) is 4.24. The number of aromatic nitrogens is 1. The first-order valence-corrected chi connectivity index (χ1v) is 6.86. The molecule has 0 saturated carbocycles. The molecule has 0 amide bonds. The van der Waals surface area contributed by atoms with Crippen molar-refractivity contribution in [2.45, 2.75) is 25.7 Å². The third-order valence-corrected chi connectivity index (χ3v) is 4.16. The molecule has 0 saturated heterocycles. The Morgan fingerprint density at radius 1 is 1.18 bits per heavy atom. The van der Waals surface area contributed by atoms with Crippen molar-refractivity contribution < 1.29 is 4.74 Å². The number of nitrogens with zero attached hydrogens (tertiary/aromatic N) is 1. The van der Waals surface area contributed by atoms with Crippen LogP contribution in [0.25, 0.3) is 10.6 Å². The monoisotopic (exact) mass is 245 g/mol. The van der Waals surface area contributed by atoms with Gasteiger partial charge in [0.1, 0.15) is 5.01 Å². The van der Waals surface area contributed by atoms with E-state index in [4.69, 9.17) is 4.74 Å². The first kappa shape index (κ1) is 10.8. The molecule has 0 unspecified atom stereocenters. The Kier molecular flexibility index (Phi) is 2.85. The maximum Gasteiger partial charge on any atom is 0.224 e. The lowest BCUT2D eigenvalue weighted by molar-refractivity contribution is 0.401. The molecule has 0 fully saturated rings. The quantitative estimate of drug-likeness (QED) is 0.805. The van der Waals surface area contributed by atoms with Crippen molar-refractivity contribution in [1.29, 1.82) is 0 Å². The molecule has 3 rings (SSSR count). The van der Waals surface area contributed by atoms with Crippen LogP contribution in [0.15, 0.2) is 23.6 Å². The Labute approximate surface area is 105 Å². The maximum absolute atomic E-state index is 5.13. The van der Waals surface area contributed by atoms with Gasteiger partial charge in [-0.1, -0.05) is 12.1 Å². The van der Waals surface area contributed by atoms with Gasteiger partial charge in [0, 0.05) is 5.56 Å². The van der Waals surface area contributed by atoms with E-state index in [0.29, 0.717) is 5.88 Å². The summed E-state index contributed by atoms with van der Waals surface area (Å²) >= 11 is 1.64. The van der Waals surface area contributed by atoms with Crippen LogP contribution in [0, 0.1) is 0 Å². The Hall–Kier alpha value is -1.35. The highest BCUT2D eigenvalue weighted by Gasteiger charge is 2.11.